The zero-order valence-electron chi connectivity index (χ0n) is 12.5. The quantitative estimate of drug-likeness (QED) is 0.871. The number of carbonyl (C=O) groups is 1. The fourth-order valence-corrected chi connectivity index (χ4v) is 2.45. The standard InChI is InChI=1S/C16H17F2N3O/c1-10-14(8-19-20(10)2)16(22)21(13-5-6-13)9-11-3-4-12(17)7-15(11)18/h3-4,7-8,13H,5-6,9H2,1-2H3. The van der Waals surface area contributed by atoms with Gasteiger partial charge in [-0.2, -0.15) is 5.10 Å². The van der Waals surface area contributed by atoms with Crippen LogP contribution in [0.4, 0.5) is 8.78 Å². The van der Waals surface area contributed by atoms with Crippen molar-refractivity contribution in [1.29, 1.82) is 0 Å². The van der Waals surface area contributed by atoms with Crippen molar-refractivity contribution >= 4 is 5.91 Å². The van der Waals surface area contributed by atoms with E-state index in [1.54, 1.807) is 16.6 Å². The lowest BCUT2D eigenvalue weighted by atomic mass is 10.1. The van der Waals surface area contributed by atoms with Gasteiger partial charge in [-0.3, -0.25) is 9.48 Å². The van der Waals surface area contributed by atoms with Crippen LogP contribution in [0.15, 0.2) is 24.4 Å². The van der Waals surface area contributed by atoms with Crippen molar-refractivity contribution in [3.05, 3.63) is 52.9 Å². The molecule has 3 rings (SSSR count). The van der Waals surface area contributed by atoms with Crippen LogP contribution < -0.4 is 0 Å². The van der Waals surface area contributed by atoms with Crippen LogP contribution in [0.3, 0.4) is 0 Å². The van der Waals surface area contributed by atoms with Crippen molar-refractivity contribution in [2.24, 2.45) is 7.05 Å². The maximum atomic E-state index is 13.8. The molecule has 1 aliphatic rings. The zero-order valence-corrected chi connectivity index (χ0v) is 12.5. The lowest BCUT2D eigenvalue weighted by Gasteiger charge is -2.22. The molecule has 1 heterocycles. The van der Waals surface area contributed by atoms with E-state index in [2.05, 4.69) is 5.10 Å². The Morgan fingerprint density at radius 2 is 2.14 bits per heavy atom. The molecule has 1 saturated carbocycles. The minimum atomic E-state index is -0.624. The molecule has 0 unspecified atom stereocenters. The second kappa shape index (κ2) is 5.51. The molecule has 2 aromatic rings. The number of hydrogen-bond donors (Lipinski definition) is 0. The third kappa shape index (κ3) is 2.73. The van der Waals surface area contributed by atoms with Crippen LogP contribution in [0.2, 0.25) is 0 Å². The zero-order chi connectivity index (χ0) is 15.9. The molecule has 1 fully saturated rings. The van der Waals surface area contributed by atoms with E-state index in [1.165, 1.54) is 18.3 Å². The van der Waals surface area contributed by atoms with Crippen LogP contribution in [0.1, 0.15) is 34.5 Å². The number of benzene rings is 1. The van der Waals surface area contributed by atoms with Gasteiger partial charge in [-0.1, -0.05) is 6.07 Å². The van der Waals surface area contributed by atoms with Gasteiger partial charge in [0.25, 0.3) is 5.91 Å². The molecule has 0 spiro atoms. The molecule has 0 atom stereocenters. The Morgan fingerprint density at radius 1 is 1.41 bits per heavy atom. The number of amides is 1. The largest absolute Gasteiger partial charge is 0.331 e. The molecule has 0 saturated heterocycles. The van der Waals surface area contributed by atoms with Gasteiger partial charge in [-0.25, -0.2) is 8.78 Å². The van der Waals surface area contributed by atoms with Crippen LogP contribution >= 0.6 is 0 Å². The summed E-state index contributed by atoms with van der Waals surface area (Å²) in [7, 11) is 1.77. The first-order valence-electron chi connectivity index (χ1n) is 7.21. The summed E-state index contributed by atoms with van der Waals surface area (Å²) in [6.45, 7) is 1.97. The Morgan fingerprint density at radius 3 is 2.68 bits per heavy atom. The van der Waals surface area contributed by atoms with E-state index >= 15 is 0 Å². The number of hydrogen-bond acceptors (Lipinski definition) is 2. The van der Waals surface area contributed by atoms with Crippen molar-refractivity contribution in [2.45, 2.75) is 32.4 Å². The van der Waals surface area contributed by atoms with Crippen molar-refractivity contribution in [3.63, 3.8) is 0 Å². The number of rotatable bonds is 4. The first-order valence-corrected chi connectivity index (χ1v) is 7.21. The molecule has 1 amide bonds. The van der Waals surface area contributed by atoms with Gasteiger partial charge in [0.2, 0.25) is 0 Å². The van der Waals surface area contributed by atoms with E-state index in [4.69, 9.17) is 0 Å². The highest BCUT2D eigenvalue weighted by Crippen LogP contribution is 2.30. The second-order valence-corrected chi connectivity index (χ2v) is 5.67. The molecule has 0 N–H and O–H groups in total. The highest BCUT2D eigenvalue weighted by molar-refractivity contribution is 5.95. The van der Waals surface area contributed by atoms with Gasteiger partial charge >= 0.3 is 0 Å². The molecule has 0 radical (unpaired) electrons. The average molecular weight is 305 g/mol. The fourth-order valence-electron chi connectivity index (χ4n) is 2.45. The van der Waals surface area contributed by atoms with Gasteiger partial charge < -0.3 is 4.90 Å². The monoisotopic (exact) mass is 305 g/mol. The van der Waals surface area contributed by atoms with E-state index in [-0.39, 0.29) is 18.5 Å². The van der Waals surface area contributed by atoms with Gasteiger partial charge in [0, 0.05) is 37.0 Å². The minimum absolute atomic E-state index is 0.122. The molecule has 22 heavy (non-hydrogen) atoms. The molecule has 1 aliphatic carbocycles. The Kier molecular flexibility index (Phi) is 3.68. The SMILES string of the molecule is Cc1c(C(=O)N(Cc2ccc(F)cc2F)C2CC2)cnn1C. The van der Waals surface area contributed by atoms with E-state index in [9.17, 15) is 13.6 Å². The number of aromatic nitrogens is 2. The lowest BCUT2D eigenvalue weighted by molar-refractivity contribution is 0.0727. The van der Waals surface area contributed by atoms with Crippen LogP contribution in [0.5, 0.6) is 0 Å². The maximum absolute atomic E-state index is 13.8. The van der Waals surface area contributed by atoms with Crippen molar-refractivity contribution in [1.82, 2.24) is 14.7 Å². The van der Waals surface area contributed by atoms with Crippen LogP contribution in [-0.2, 0) is 13.6 Å². The second-order valence-electron chi connectivity index (χ2n) is 5.67. The Hall–Kier alpha value is -2.24. The van der Waals surface area contributed by atoms with Crippen LogP contribution in [-0.4, -0.2) is 26.6 Å². The summed E-state index contributed by atoms with van der Waals surface area (Å²) in [6, 6.07) is 3.57. The van der Waals surface area contributed by atoms with Crippen molar-refractivity contribution < 1.29 is 13.6 Å². The summed E-state index contributed by atoms with van der Waals surface area (Å²) < 4.78 is 28.5. The van der Waals surface area contributed by atoms with Gasteiger partial charge in [0.1, 0.15) is 11.6 Å². The van der Waals surface area contributed by atoms with Gasteiger partial charge in [-0.05, 0) is 25.8 Å². The van der Waals surface area contributed by atoms with E-state index in [0.29, 0.717) is 11.1 Å². The summed E-state index contributed by atoms with van der Waals surface area (Å²) in [5, 5.41) is 4.08. The molecular weight excluding hydrogens is 288 g/mol. The van der Waals surface area contributed by atoms with E-state index in [1.807, 2.05) is 6.92 Å². The Bertz CT molecular complexity index is 722. The van der Waals surface area contributed by atoms with E-state index in [0.717, 1.165) is 24.6 Å². The lowest BCUT2D eigenvalue weighted by Crippen LogP contribution is -2.33. The molecule has 1 aromatic carbocycles. The fraction of sp³-hybridized carbons (Fsp3) is 0.375. The smallest absolute Gasteiger partial charge is 0.257 e. The van der Waals surface area contributed by atoms with Gasteiger partial charge in [-0.15, -0.1) is 0 Å². The third-order valence-electron chi connectivity index (χ3n) is 4.07. The summed E-state index contributed by atoms with van der Waals surface area (Å²) >= 11 is 0. The summed E-state index contributed by atoms with van der Waals surface area (Å²) in [4.78, 5) is 14.4. The first kappa shape index (κ1) is 14.7. The molecule has 116 valence electrons. The topological polar surface area (TPSA) is 38.1 Å². The number of carbonyl (C=O) groups excluding carboxylic acids is 1. The molecule has 4 nitrogen and oxygen atoms in total. The third-order valence-corrected chi connectivity index (χ3v) is 4.07. The number of halogens is 2. The predicted octanol–water partition coefficient (Wildman–Crippen LogP) is 2.81. The van der Waals surface area contributed by atoms with Crippen molar-refractivity contribution in [2.75, 3.05) is 0 Å². The molecule has 6 heteroatoms. The maximum Gasteiger partial charge on any atom is 0.257 e. The van der Waals surface area contributed by atoms with Gasteiger partial charge in [0.15, 0.2) is 0 Å². The highest BCUT2D eigenvalue weighted by Gasteiger charge is 2.34. The molecule has 1 aromatic heterocycles. The van der Waals surface area contributed by atoms with Gasteiger partial charge in [0.05, 0.1) is 11.8 Å². The summed E-state index contributed by atoms with van der Waals surface area (Å²) in [5.74, 6) is -1.40. The molecule has 0 bridgehead atoms. The molecule has 0 aliphatic heterocycles. The normalized spacial score (nSPS) is 14.2. The molecular formula is C16H17F2N3O. The summed E-state index contributed by atoms with van der Waals surface area (Å²) in [5.41, 5.74) is 1.62. The van der Waals surface area contributed by atoms with Crippen LogP contribution in [0.25, 0.3) is 0 Å². The first-order chi connectivity index (χ1) is 10.5. The predicted molar refractivity (Wildman–Crippen MR) is 77.2 cm³/mol. The van der Waals surface area contributed by atoms with Crippen molar-refractivity contribution in [3.8, 4) is 0 Å². The highest BCUT2D eigenvalue weighted by atomic mass is 19.1. The minimum Gasteiger partial charge on any atom is -0.331 e. The Balaban J connectivity index is 1.87. The average Bonchev–Trinajstić information content (AvgIpc) is 3.25. The van der Waals surface area contributed by atoms with E-state index < -0.39 is 11.6 Å². The van der Waals surface area contributed by atoms with Crippen LogP contribution in [0, 0.1) is 18.6 Å². The summed E-state index contributed by atoms with van der Waals surface area (Å²) in [6.07, 6.45) is 3.36. The Labute approximate surface area is 127 Å². The number of nitrogens with zero attached hydrogens (tertiary/aromatic N) is 3. The number of aryl methyl sites for hydroxylation is 1.